The Bertz CT molecular complexity index is 825. The molecular formula is C13H11N3O2. The van der Waals surface area contributed by atoms with Crippen LogP contribution >= 0.6 is 0 Å². The molecule has 0 radical (unpaired) electrons. The molecule has 0 aliphatic carbocycles. The molecule has 5 heteroatoms. The molecule has 0 fully saturated rings. The summed E-state index contributed by atoms with van der Waals surface area (Å²) in [5.41, 5.74) is 2.10. The highest BCUT2D eigenvalue weighted by atomic mass is 16.2. The van der Waals surface area contributed by atoms with Gasteiger partial charge in [-0.05, 0) is 6.92 Å². The molecule has 0 amide bonds. The Morgan fingerprint density at radius 3 is 2.39 bits per heavy atom. The van der Waals surface area contributed by atoms with Crippen LogP contribution in [0.4, 0.5) is 0 Å². The van der Waals surface area contributed by atoms with Gasteiger partial charge in [0.05, 0.1) is 16.6 Å². The van der Waals surface area contributed by atoms with E-state index in [1.807, 2.05) is 37.3 Å². The van der Waals surface area contributed by atoms with Crippen LogP contribution in [0.25, 0.3) is 22.2 Å². The zero-order valence-corrected chi connectivity index (χ0v) is 9.70. The van der Waals surface area contributed by atoms with E-state index in [0.29, 0.717) is 10.9 Å². The fourth-order valence-electron chi connectivity index (χ4n) is 2.17. The van der Waals surface area contributed by atoms with Crippen molar-refractivity contribution in [3.8, 4) is 11.3 Å². The van der Waals surface area contributed by atoms with Crippen LogP contribution in [0.3, 0.4) is 0 Å². The Morgan fingerprint density at radius 1 is 0.944 bits per heavy atom. The van der Waals surface area contributed by atoms with Gasteiger partial charge in [-0.15, -0.1) is 0 Å². The average Bonchev–Trinajstić information content (AvgIpc) is 2.67. The highest BCUT2D eigenvalue weighted by molar-refractivity contribution is 5.93. The van der Waals surface area contributed by atoms with E-state index in [0.717, 1.165) is 17.0 Å². The lowest BCUT2D eigenvalue weighted by Crippen LogP contribution is -2.21. The second kappa shape index (κ2) is 3.73. The SMILES string of the molecule is Cc1[nH]c(-c2ccccc2)c2[nH]c(=O)[nH]c(=O)c12. The van der Waals surface area contributed by atoms with Crippen LogP contribution in [0.1, 0.15) is 5.69 Å². The fraction of sp³-hybridized carbons (Fsp3) is 0.0769. The summed E-state index contributed by atoms with van der Waals surface area (Å²) >= 11 is 0. The molecule has 2 heterocycles. The zero-order valence-electron chi connectivity index (χ0n) is 9.70. The molecule has 3 N–H and O–H groups in total. The lowest BCUT2D eigenvalue weighted by atomic mass is 10.1. The van der Waals surface area contributed by atoms with Gasteiger partial charge in [-0.3, -0.25) is 9.78 Å². The minimum atomic E-state index is -0.497. The van der Waals surface area contributed by atoms with Crippen molar-refractivity contribution in [3.63, 3.8) is 0 Å². The number of aromatic amines is 3. The number of H-pyrrole nitrogens is 3. The van der Waals surface area contributed by atoms with Crippen molar-refractivity contribution < 1.29 is 0 Å². The van der Waals surface area contributed by atoms with Crippen LogP contribution in [0.15, 0.2) is 39.9 Å². The molecule has 3 rings (SSSR count). The Hall–Kier alpha value is -2.56. The van der Waals surface area contributed by atoms with Gasteiger partial charge in [0, 0.05) is 11.3 Å². The molecule has 0 aliphatic rings. The second-order valence-corrected chi connectivity index (χ2v) is 4.15. The minimum Gasteiger partial charge on any atom is -0.356 e. The summed E-state index contributed by atoms with van der Waals surface area (Å²) in [6.07, 6.45) is 0. The number of fused-ring (bicyclic) bond motifs is 1. The summed E-state index contributed by atoms with van der Waals surface area (Å²) < 4.78 is 0. The summed E-state index contributed by atoms with van der Waals surface area (Å²) in [5.74, 6) is 0. The Labute approximate surface area is 102 Å². The van der Waals surface area contributed by atoms with Gasteiger partial charge in [0.25, 0.3) is 5.56 Å². The molecule has 0 aliphatic heterocycles. The molecule has 0 spiro atoms. The van der Waals surface area contributed by atoms with Crippen LogP contribution in [-0.4, -0.2) is 15.0 Å². The lowest BCUT2D eigenvalue weighted by molar-refractivity contribution is 1.08. The predicted octanol–water partition coefficient (Wildman–Crippen LogP) is 1.52. The largest absolute Gasteiger partial charge is 0.356 e. The molecule has 0 unspecified atom stereocenters. The van der Waals surface area contributed by atoms with E-state index in [9.17, 15) is 9.59 Å². The van der Waals surface area contributed by atoms with Crippen molar-refractivity contribution in [3.05, 3.63) is 56.9 Å². The van der Waals surface area contributed by atoms with Crippen LogP contribution in [0.5, 0.6) is 0 Å². The molecule has 0 saturated carbocycles. The maximum absolute atomic E-state index is 11.8. The third-order valence-corrected chi connectivity index (χ3v) is 2.94. The summed E-state index contributed by atoms with van der Waals surface area (Å²) in [6, 6.07) is 9.57. The zero-order chi connectivity index (χ0) is 12.7. The van der Waals surface area contributed by atoms with Crippen molar-refractivity contribution in [2.75, 3.05) is 0 Å². The van der Waals surface area contributed by atoms with Gasteiger partial charge in [-0.2, -0.15) is 0 Å². The molecule has 0 atom stereocenters. The summed E-state index contributed by atoms with van der Waals surface area (Å²) in [7, 11) is 0. The summed E-state index contributed by atoms with van der Waals surface area (Å²) in [5, 5.41) is 0.494. The first-order chi connectivity index (χ1) is 8.66. The third-order valence-electron chi connectivity index (χ3n) is 2.94. The van der Waals surface area contributed by atoms with E-state index in [-0.39, 0.29) is 5.56 Å². The first kappa shape index (κ1) is 10.6. The Balaban J connectivity index is 2.46. The van der Waals surface area contributed by atoms with Gasteiger partial charge in [0.1, 0.15) is 0 Å². The second-order valence-electron chi connectivity index (χ2n) is 4.15. The van der Waals surface area contributed by atoms with Gasteiger partial charge >= 0.3 is 5.69 Å². The number of hydrogen-bond acceptors (Lipinski definition) is 2. The lowest BCUT2D eigenvalue weighted by Gasteiger charge is -1.98. The maximum Gasteiger partial charge on any atom is 0.326 e. The first-order valence-electron chi connectivity index (χ1n) is 5.57. The highest BCUT2D eigenvalue weighted by Crippen LogP contribution is 2.25. The predicted molar refractivity (Wildman–Crippen MR) is 69.7 cm³/mol. The normalized spacial score (nSPS) is 10.9. The van der Waals surface area contributed by atoms with Crippen molar-refractivity contribution >= 4 is 10.9 Å². The third kappa shape index (κ3) is 1.48. The molecule has 0 bridgehead atoms. The number of benzene rings is 1. The monoisotopic (exact) mass is 241 g/mol. The van der Waals surface area contributed by atoms with E-state index in [2.05, 4.69) is 15.0 Å². The minimum absolute atomic E-state index is 0.371. The maximum atomic E-state index is 11.8. The average molecular weight is 241 g/mol. The van der Waals surface area contributed by atoms with Gasteiger partial charge < -0.3 is 9.97 Å². The topological polar surface area (TPSA) is 81.5 Å². The summed E-state index contributed by atoms with van der Waals surface area (Å²) in [4.78, 5) is 31.2. The summed E-state index contributed by atoms with van der Waals surface area (Å²) in [6.45, 7) is 1.81. The number of aromatic nitrogens is 3. The molecular weight excluding hydrogens is 230 g/mol. The van der Waals surface area contributed by atoms with Gasteiger partial charge in [-0.25, -0.2) is 4.79 Å². The van der Waals surface area contributed by atoms with E-state index in [1.165, 1.54) is 0 Å². The molecule has 18 heavy (non-hydrogen) atoms. The van der Waals surface area contributed by atoms with Crippen molar-refractivity contribution in [2.45, 2.75) is 6.92 Å². The molecule has 2 aromatic heterocycles. The molecule has 3 aromatic rings. The van der Waals surface area contributed by atoms with Crippen LogP contribution < -0.4 is 11.2 Å². The molecule has 90 valence electrons. The highest BCUT2D eigenvalue weighted by Gasteiger charge is 2.13. The molecule has 1 aromatic carbocycles. The van der Waals surface area contributed by atoms with Crippen molar-refractivity contribution in [1.29, 1.82) is 0 Å². The Kier molecular flexibility index (Phi) is 2.19. The molecule has 5 nitrogen and oxygen atoms in total. The van der Waals surface area contributed by atoms with Crippen LogP contribution in [0, 0.1) is 6.92 Å². The number of aryl methyl sites for hydroxylation is 1. The number of nitrogens with one attached hydrogen (secondary N) is 3. The number of rotatable bonds is 1. The van der Waals surface area contributed by atoms with Crippen molar-refractivity contribution in [2.24, 2.45) is 0 Å². The van der Waals surface area contributed by atoms with E-state index in [1.54, 1.807) is 0 Å². The smallest absolute Gasteiger partial charge is 0.326 e. The van der Waals surface area contributed by atoms with Crippen LogP contribution in [0.2, 0.25) is 0 Å². The van der Waals surface area contributed by atoms with E-state index >= 15 is 0 Å². The fourth-order valence-corrected chi connectivity index (χ4v) is 2.17. The van der Waals surface area contributed by atoms with Gasteiger partial charge in [-0.1, -0.05) is 30.3 Å². The standard InChI is InChI=1S/C13H11N3O2/c1-7-9-11(15-13(18)16-12(9)17)10(14-7)8-5-3-2-4-6-8/h2-6,14H,1H3,(H2,15,16,17,18). The number of hydrogen-bond donors (Lipinski definition) is 3. The van der Waals surface area contributed by atoms with E-state index in [4.69, 9.17) is 0 Å². The van der Waals surface area contributed by atoms with Gasteiger partial charge in [0.15, 0.2) is 0 Å². The van der Waals surface area contributed by atoms with Crippen LogP contribution in [-0.2, 0) is 0 Å². The molecule has 0 saturated heterocycles. The van der Waals surface area contributed by atoms with Gasteiger partial charge in [0.2, 0.25) is 0 Å². The van der Waals surface area contributed by atoms with Crippen molar-refractivity contribution in [1.82, 2.24) is 15.0 Å². The van der Waals surface area contributed by atoms with E-state index < -0.39 is 5.69 Å². The Morgan fingerprint density at radius 2 is 1.67 bits per heavy atom. The first-order valence-corrected chi connectivity index (χ1v) is 5.57. The quantitative estimate of drug-likeness (QED) is 0.603.